The molecule has 0 unspecified atom stereocenters. The highest BCUT2D eigenvalue weighted by molar-refractivity contribution is 5.85. The molecule has 0 saturated carbocycles. The monoisotopic (exact) mass is 330 g/mol. The first-order chi connectivity index (χ1) is 12.2. The molecule has 0 spiro atoms. The summed E-state index contributed by atoms with van der Waals surface area (Å²) in [5, 5.41) is 3.54. The molecule has 0 aliphatic heterocycles. The molecule has 126 valence electrons. The van der Waals surface area contributed by atoms with Crippen molar-refractivity contribution in [2.45, 2.75) is 26.7 Å². The van der Waals surface area contributed by atoms with E-state index in [1.807, 2.05) is 32.1 Å². The Morgan fingerprint density at radius 3 is 2.60 bits per heavy atom. The Bertz CT molecular complexity index is 1080. The van der Waals surface area contributed by atoms with Crippen molar-refractivity contribution < 1.29 is 4.42 Å². The molecule has 1 aromatic heterocycles. The van der Waals surface area contributed by atoms with E-state index in [2.05, 4.69) is 48.5 Å². The first-order valence-corrected chi connectivity index (χ1v) is 8.63. The van der Waals surface area contributed by atoms with E-state index in [0.717, 1.165) is 23.6 Å². The highest BCUT2D eigenvalue weighted by Crippen LogP contribution is 2.19. The van der Waals surface area contributed by atoms with Crippen LogP contribution in [0.3, 0.4) is 0 Å². The summed E-state index contributed by atoms with van der Waals surface area (Å²) in [5.74, 6) is 0. The van der Waals surface area contributed by atoms with Crippen LogP contribution in [0.2, 0.25) is 0 Å². The maximum atomic E-state index is 11.7. The van der Waals surface area contributed by atoms with E-state index < -0.39 is 0 Å². The van der Waals surface area contributed by atoms with Crippen LogP contribution in [0.4, 0.5) is 0 Å². The van der Waals surface area contributed by atoms with E-state index in [1.54, 1.807) is 6.07 Å². The molecule has 25 heavy (non-hydrogen) atoms. The van der Waals surface area contributed by atoms with E-state index >= 15 is 0 Å². The summed E-state index contributed by atoms with van der Waals surface area (Å²) in [5.41, 5.74) is 2.57. The fourth-order valence-electron chi connectivity index (χ4n) is 3.16. The predicted octanol–water partition coefficient (Wildman–Crippen LogP) is 4.04. The van der Waals surface area contributed by atoms with Crippen molar-refractivity contribution in [2.24, 2.45) is 0 Å². The van der Waals surface area contributed by atoms with Crippen molar-refractivity contribution in [3.8, 4) is 0 Å². The Morgan fingerprint density at radius 1 is 1.00 bits per heavy atom. The number of allylic oxidation sites excluding steroid dienone is 1. The van der Waals surface area contributed by atoms with Crippen LogP contribution in [0.15, 0.2) is 63.8 Å². The molecule has 1 heterocycles. The molecular formula is C23H22O2. The Kier molecular flexibility index (Phi) is 5.30. The van der Waals surface area contributed by atoms with Crippen molar-refractivity contribution in [2.75, 3.05) is 0 Å². The van der Waals surface area contributed by atoms with Crippen molar-refractivity contribution in [3.63, 3.8) is 0 Å². The third-order valence-electron chi connectivity index (χ3n) is 4.37. The minimum atomic E-state index is -0.313. The summed E-state index contributed by atoms with van der Waals surface area (Å²) in [7, 11) is 0. The lowest BCUT2D eigenvalue weighted by Gasteiger charge is -2.04. The second-order valence-electron chi connectivity index (χ2n) is 5.96. The molecule has 0 aliphatic rings. The molecule has 2 aromatic carbocycles. The SMILES string of the molecule is C/C=c1/c(/C=C\CCc2cccc3ccccc23)cc(=O)o/c1=C/C. The van der Waals surface area contributed by atoms with Crippen LogP contribution in [0.25, 0.3) is 29.0 Å². The predicted molar refractivity (Wildman–Crippen MR) is 106 cm³/mol. The highest BCUT2D eigenvalue weighted by Gasteiger charge is 2.00. The number of fused-ring (bicyclic) bond motifs is 1. The van der Waals surface area contributed by atoms with E-state index in [4.69, 9.17) is 4.42 Å². The highest BCUT2D eigenvalue weighted by atomic mass is 16.4. The van der Waals surface area contributed by atoms with Gasteiger partial charge in [-0.15, -0.1) is 0 Å². The first kappa shape index (κ1) is 17.0. The fourth-order valence-corrected chi connectivity index (χ4v) is 3.16. The molecule has 3 rings (SSSR count). The van der Waals surface area contributed by atoms with Crippen LogP contribution in [0.5, 0.6) is 0 Å². The second kappa shape index (κ2) is 7.80. The average Bonchev–Trinajstić information content (AvgIpc) is 2.64. The largest absolute Gasteiger partial charge is 0.423 e. The number of hydrogen-bond donors (Lipinski definition) is 0. The van der Waals surface area contributed by atoms with Gasteiger partial charge >= 0.3 is 5.63 Å². The van der Waals surface area contributed by atoms with Gasteiger partial charge in [-0.1, -0.05) is 60.7 Å². The molecule has 2 nitrogen and oxygen atoms in total. The summed E-state index contributed by atoms with van der Waals surface area (Å²) in [6, 6.07) is 16.4. The van der Waals surface area contributed by atoms with Gasteiger partial charge in [-0.25, -0.2) is 4.79 Å². The number of rotatable bonds is 4. The van der Waals surface area contributed by atoms with Crippen molar-refractivity contribution >= 4 is 29.0 Å². The Morgan fingerprint density at radius 2 is 1.80 bits per heavy atom. The maximum absolute atomic E-state index is 11.7. The third kappa shape index (κ3) is 3.80. The molecular weight excluding hydrogens is 308 g/mol. The quantitative estimate of drug-likeness (QED) is 0.723. The number of aryl methyl sites for hydroxylation is 1. The normalized spacial score (nSPS) is 13.2. The topological polar surface area (TPSA) is 30.2 Å². The van der Waals surface area contributed by atoms with Gasteiger partial charge in [0.2, 0.25) is 0 Å². The van der Waals surface area contributed by atoms with Gasteiger partial charge in [0.15, 0.2) is 0 Å². The molecule has 0 radical (unpaired) electrons. The molecule has 0 bridgehead atoms. The molecule has 0 amide bonds. The molecule has 0 N–H and O–H groups in total. The molecule has 0 saturated heterocycles. The van der Waals surface area contributed by atoms with Crippen molar-refractivity contribution in [1.82, 2.24) is 0 Å². The maximum Gasteiger partial charge on any atom is 0.336 e. The zero-order valence-electron chi connectivity index (χ0n) is 14.7. The molecule has 0 aliphatic carbocycles. The van der Waals surface area contributed by atoms with Gasteiger partial charge in [0.25, 0.3) is 0 Å². The van der Waals surface area contributed by atoms with Crippen LogP contribution in [-0.4, -0.2) is 0 Å². The summed E-state index contributed by atoms with van der Waals surface area (Å²) in [6.45, 7) is 3.83. The standard InChI is InChI=1S/C23H22O2/c1-3-20-19(16-23(24)25-22(20)4-2)12-6-5-10-17-13-9-14-18-11-7-8-15-21(17)18/h3-4,6-9,11-16H,5,10H2,1-2H3/b12-6-,20-3-,22-4+. The lowest BCUT2D eigenvalue weighted by Crippen LogP contribution is -2.30. The molecule has 2 heteroatoms. The van der Waals surface area contributed by atoms with E-state index in [0.29, 0.717) is 5.42 Å². The second-order valence-corrected chi connectivity index (χ2v) is 5.96. The van der Waals surface area contributed by atoms with Gasteiger partial charge in [-0.2, -0.15) is 0 Å². The van der Waals surface area contributed by atoms with E-state index in [1.165, 1.54) is 16.3 Å². The van der Waals surface area contributed by atoms with E-state index in [9.17, 15) is 4.79 Å². The Balaban J connectivity index is 1.83. The van der Waals surface area contributed by atoms with Crippen LogP contribution in [-0.2, 0) is 6.42 Å². The van der Waals surface area contributed by atoms with Crippen molar-refractivity contribution in [1.29, 1.82) is 0 Å². The van der Waals surface area contributed by atoms with Gasteiger partial charge in [0.05, 0.1) is 0 Å². The van der Waals surface area contributed by atoms with Gasteiger partial charge in [-0.05, 0) is 54.7 Å². The smallest absolute Gasteiger partial charge is 0.336 e. The van der Waals surface area contributed by atoms with Crippen LogP contribution >= 0.6 is 0 Å². The van der Waals surface area contributed by atoms with Gasteiger partial charge < -0.3 is 4.42 Å². The van der Waals surface area contributed by atoms with Gasteiger partial charge in [0, 0.05) is 11.3 Å². The zero-order valence-corrected chi connectivity index (χ0v) is 14.7. The molecule has 3 aromatic rings. The average molecular weight is 330 g/mol. The number of benzene rings is 2. The van der Waals surface area contributed by atoms with Crippen LogP contribution in [0.1, 0.15) is 31.4 Å². The lowest BCUT2D eigenvalue weighted by molar-refractivity contribution is 0.472. The first-order valence-electron chi connectivity index (χ1n) is 8.63. The minimum absolute atomic E-state index is 0.313. The molecule has 0 atom stereocenters. The van der Waals surface area contributed by atoms with Crippen LogP contribution in [0, 0.1) is 0 Å². The summed E-state index contributed by atoms with van der Waals surface area (Å²) >= 11 is 0. The van der Waals surface area contributed by atoms with E-state index in [-0.39, 0.29) is 5.63 Å². The van der Waals surface area contributed by atoms with Gasteiger partial charge in [0.1, 0.15) is 5.42 Å². The Hall–Kier alpha value is -2.87. The van der Waals surface area contributed by atoms with Crippen molar-refractivity contribution in [3.05, 3.63) is 86.8 Å². The third-order valence-corrected chi connectivity index (χ3v) is 4.37. The molecule has 0 fully saturated rings. The summed E-state index contributed by atoms with van der Waals surface area (Å²) in [6.07, 6.45) is 9.83. The lowest BCUT2D eigenvalue weighted by atomic mass is 10.0. The van der Waals surface area contributed by atoms with Crippen LogP contribution < -0.4 is 16.3 Å². The van der Waals surface area contributed by atoms with Gasteiger partial charge in [-0.3, -0.25) is 0 Å². The summed E-state index contributed by atoms with van der Waals surface area (Å²) < 4.78 is 5.24. The Labute approximate surface area is 147 Å². The fraction of sp³-hybridized carbons (Fsp3) is 0.174. The number of hydrogen-bond acceptors (Lipinski definition) is 2. The zero-order chi connectivity index (χ0) is 17.6. The summed E-state index contributed by atoms with van der Waals surface area (Å²) in [4.78, 5) is 11.7. The minimum Gasteiger partial charge on any atom is -0.423 e.